The highest BCUT2D eigenvalue weighted by Gasteiger charge is 2.03. The molecule has 0 atom stereocenters. The van der Waals surface area contributed by atoms with Crippen LogP contribution in [0.2, 0.25) is 5.02 Å². The number of hydrogen-bond donors (Lipinski definition) is 1. The van der Waals surface area contributed by atoms with Crippen LogP contribution in [0.4, 0.5) is 0 Å². The standard InChI is InChI=1S/C6H10ClN3/c1-2-10-4-5(7)6(3-8)9-10/h4H,2-3,8H2,1H3/p+1. The summed E-state index contributed by atoms with van der Waals surface area (Å²) in [5, 5.41) is 4.89. The minimum Gasteiger partial charge on any atom is -0.352 e. The van der Waals surface area contributed by atoms with Crippen molar-refractivity contribution in [3.8, 4) is 0 Å². The molecule has 0 saturated carbocycles. The summed E-state index contributed by atoms with van der Waals surface area (Å²) >= 11 is 5.80. The number of rotatable bonds is 2. The molecular weight excluding hydrogens is 150 g/mol. The van der Waals surface area contributed by atoms with E-state index in [2.05, 4.69) is 10.8 Å². The van der Waals surface area contributed by atoms with E-state index in [9.17, 15) is 0 Å². The molecule has 0 fully saturated rings. The number of hydrogen-bond acceptors (Lipinski definition) is 1. The van der Waals surface area contributed by atoms with Crippen LogP contribution in [0.5, 0.6) is 0 Å². The zero-order valence-corrected chi connectivity index (χ0v) is 6.73. The first kappa shape index (κ1) is 7.57. The van der Waals surface area contributed by atoms with Crippen molar-refractivity contribution < 1.29 is 5.73 Å². The average Bonchev–Trinajstić information content (AvgIpc) is 2.30. The summed E-state index contributed by atoms with van der Waals surface area (Å²) in [6.45, 7) is 3.54. The molecular formula is C6H11ClN3+. The highest BCUT2D eigenvalue weighted by Crippen LogP contribution is 2.11. The van der Waals surface area contributed by atoms with Crippen molar-refractivity contribution in [2.45, 2.75) is 20.0 Å². The van der Waals surface area contributed by atoms with Crippen LogP contribution in [0, 0.1) is 0 Å². The summed E-state index contributed by atoms with van der Waals surface area (Å²) in [6, 6.07) is 0. The lowest BCUT2D eigenvalue weighted by atomic mass is 10.4. The van der Waals surface area contributed by atoms with Gasteiger partial charge < -0.3 is 5.73 Å². The van der Waals surface area contributed by atoms with Crippen molar-refractivity contribution in [3.05, 3.63) is 16.9 Å². The van der Waals surface area contributed by atoms with Gasteiger partial charge in [0, 0.05) is 12.7 Å². The lowest BCUT2D eigenvalue weighted by Gasteiger charge is -1.89. The molecule has 0 aromatic carbocycles. The van der Waals surface area contributed by atoms with Crippen LogP contribution in [0.3, 0.4) is 0 Å². The summed E-state index contributed by atoms with van der Waals surface area (Å²) in [5.74, 6) is 0. The number of aryl methyl sites for hydroxylation is 1. The predicted molar refractivity (Wildman–Crippen MR) is 39.5 cm³/mol. The summed E-state index contributed by atoms with van der Waals surface area (Å²) < 4.78 is 1.81. The van der Waals surface area contributed by atoms with Crippen LogP contribution in [-0.4, -0.2) is 9.78 Å². The van der Waals surface area contributed by atoms with Gasteiger partial charge in [-0.05, 0) is 6.92 Å². The fraction of sp³-hybridized carbons (Fsp3) is 0.500. The molecule has 3 nitrogen and oxygen atoms in total. The highest BCUT2D eigenvalue weighted by molar-refractivity contribution is 6.31. The summed E-state index contributed by atoms with van der Waals surface area (Å²) in [7, 11) is 0. The molecule has 1 aromatic heterocycles. The Labute approximate surface area is 64.8 Å². The van der Waals surface area contributed by atoms with Crippen LogP contribution in [0.25, 0.3) is 0 Å². The maximum absolute atomic E-state index is 5.80. The Morgan fingerprint density at radius 1 is 1.80 bits per heavy atom. The third kappa shape index (κ3) is 1.30. The molecule has 0 bridgehead atoms. The first-order valence-corrected chi connectivity index (χ1v) is 3.66. The van der Waals surface area contributed by atoms with Crippen LogP contribution in [0.1, 0.15) is 12.6 Å². The van der Waals surface area contributed by atoms with Crippen LogP contribution >= 0.6 is 11.6 Å². The van der Waals surface area contributed by atoms with Crippen molar-refractivity contribution in [2.75, 3.05) is 0 Å². The van der Waals surface area contributed by atoms with Gasteiger partial charge in [-0.1, -0.05) is 11.6 Å². The molecule has 1 rings (SSSR count). The summed E-state index contributed by atoms with van der Waals surface area (Å²) in [6.07, 6.45) is 1.82. The zero-order valence-electron chi connectivity index (χ0n) is 5.97. The van der Waals surface area contributed by atoms with Gasteiger partial charge in [0.25, 0.3) is 0 Å². The van der Waals surface area contributed by atoms with E-state index < -0.39 is 0 Å². The largest absolute Gasteiger partial charge is 0.352 e. The molecule has 0 aliphatic carbocycles. The van der Waals surface area contributed by atoms with Crippen molar-refractivity contribution in [1.82, 2.24) is 9.78 Å². The number of quaternary nitrogens is 1. The van der Waals surface area contributed by atoms with Crippen molar-refractivity contribution >= 4 is 11.6 Å². The van der Waals surface area contributed by atoms with Gasteiger partial charge in [-0.25, -0.2) is 0 Å². The summed E-state index contributed by atoms with van der Waals surface area (Å²) in [5.41, 5.74) is 4.58. The molecule has 0 aliphatic rings. The molecule has 0 amide bonds. The molecule has 4 heteroatoms. The van der Waals surface area contributed by atoms with E-state index in [1.165, 1.54) is 0 Å². The second kappa shape index (κ2) is 3.03. The number of nitrogens with zero attached hydrogens (tertiary/aromatic N) is 2. The van der Waals surface area contributed by atoms with Gasteiger partial charge in [0.2, 0.25) is 0 Å². The van der Waals surface area contributed by atoms with E-state index in [1.54, 1.807) is 0 Å². The van der Waals surface area contributed by atoms with Gasteiger partial charge in [0.15, 0.2) is 0 Å². The molecule has 1 heterocycles. The molecule has 0 spiro atoms. The Bertz CT molecular complexity index is 219. The van der Waals surface area contributed by atoms with Gasteiger partial charge in [-0.3, -0.25) is 4.68 Å². The van der Waals surface area contributed by atoms with E-state index in [4.69, 9.17) is 11.6 Å². The molecule has 0 unspecified atom stereocenters. The predicted octanol–water partition coefficient (Wildman–Crippen LogP) is 0.298. The first-order chi connectivity index (χ1) is 4.77. The molecule has 0 saturated heterocycles. The maximum Gasteiger partial charge on any atom is 0.135 e. The van der Waals surface area contributed by atoms with Crippen molar-refractivity contribution in [3.63, 3.8) is 0 Å². The van der Waals surface area contributed by atoms with Gasteiger partial charge >= 0.3 is 0 Å². The molecule has 1 aromatic rings. The average molecular weight is 161 g/mol. The lowest BCUT2D eigenvalue weighted by molar-refractivity contribution is -0.387. The van der Waals surface area contributed by atoms with Crippen LogP contribution in [0.15, 0.2) is 6.20 Å². The number of aromatic nitrogens is 2. The van der Waals surface area contributed by atoms with Crippen LogP contribution < -0.4 is 5.73 Å². The molecule has 10 heavy (non-hydrogen) atoms. The second-order valence-corrected chi connectivity index (χ2v) is 2.44. The Balaban J connectivity index is 2.92. The van der Waals surface area contributed by atoms with Crippen molar-refractivity contribution in [1.29, 1.82) is 0 Å². The fourth-order valence-electron chi connectivity index (χ4n) is 0.768. The summed E-state index contributed by atoms with van der Waals surface area (Å²) in [4.78, 5) is 0. The van der Waals surface area contributed by atoms with E-state index >= 15 is 0 Å². The van der Waals surface area contributed by atoms with Crippen molar-refractivity contribution in [2.24, 2.45) is 0 Å². The molecule has 0 radical (unpaired) electrons. The fourth-order valence-corrected chi connectivity index (χ4v) is 1.01. The normalized spacial score (nSPS) is 10.3. The monoisotopic (exact) mass is 160 g/mol. The van der Waals surface area contributed by atoms with Gasteiger partial charge in [0.05, 0.1) is 5.02 Å². The Morgan fingerprint density at radius 3 is 2.80 bits per heavy atom. The Hall–Kier alpha value is -0.540. The minimum atomic E-state index is 0.659. The topological polar surface area (TPSA) is 45.5 Å². The SMILES string of the molecule is CCn1cc(Cl)c(C[NH3+])n1. The van der Waals surface area contributed by atoms with E-state index in [0.29, 0.717) is 6.54 Å². The van der Waals surface area contributed by atoms with Gasteiger partial charge in [-0.2, -0.15) is 5.10 Å². The first-order valence-electron chi connectivity index (χ1n) is 3.29. The third-order valence-electron chi connectivity index (χ3n) is 1.35. The van der Waals surface area contributed by atoms with E-state index in [1.807, 2.05) is 17.8 Å². The number of halogens is 1. The highest BCUT2D eigenvalue weighted by atomic mass is 35.5. The minimum absolute atomic E-state index is 0.659. The maximum atomic E-state index is 5.80. The molecule has 0 aliphatic heterocycles. The van der Waals surface area contributed by atoms with E-state index in [0.717, 1.165) is 17.3 Å². The molecule has 3 N–H and O–H groups in total. The lowest BCUT2D eigenvalue weighted by Crippen LogP contribution is -2.47. The van der Waals surface area contributed by atoms with Crippen LogP contribution in [-0.2, 0) is 13.1 Å². The van der Waals surface area contributed by atoms with Gasteiger partial charge in [-0.15, -0.1) is 0 Å². The smallest absolute Gasteiger partial charge is 0.135 e. The third-order valence-corrected chi connectivity index (χ3v) is 1.66. The van der Waals surface area contributed by atoms with E-state index in [-0.39, 0.29) is 0 Å². The quantitative estimate of drug-likeness (QED) is 0.665. The Kier molecular flexibility index (Phi) is 2.29. The Morgan fingerprint density at radius 2 is 2.50 bits per heavy atom. The zero-order chi connectivity index (χ0) is 7.56. The second-order valence-electron chi connectivity index (χ2n) is 2.03. The molecule has 56 valence electrons. The van der Waals surface area contributed by atoms with Gasteiger partial charge in [0.1, 0.15) is 12.2 Å².